The zero-order chi connectivity index (χ0) is 29.1. The highest BCUT2D eigenvalue weighted by atomic mass is 15.5. The summed E-state index contributed by atoms with van der Waals surface area (Å²) in [6, 6.07) is 30.3. The average Bonchev–Trinajstić information content (AvgIpc) is 3.20. The van der Waals surface area contributed by atoms with Crippen LogP contribution in [-0.4, -0.2) is 35.5 Å². The van der Waals surface area contributed by atoms with Gasteiger partial charge < -0.3 is 15.5 Å². The van der Waals surface area contributed by atoms with E-state index in [-0.39, 0.29) is 17.9 Å². The monoisotopic (exact) mass is 563 g/mol. The van der Waals surface area contributed by atoms with Crippen LogP contribution in [0.25, 0.3) is 5.70 Å². The van der Waals surface area contributed by atoms with Gasteiger partial charge in [-0.15, -0.1) is 0 Å². The number of allylic oxidation sites excluding steroid dienone is 6. The number of amidine groups is 1. The second kappa shape index (κ2) is 9.99. The van der Waals surface area contributed by atoms with Crippen molar-refractivity contribution in [3.8, 4) is 0 Å². The number of rotatable bonds is 3. The second-order valence-corrected chi connectivity index (χ2v) is 12.5. The van der Waals surface area contributed by atoms with Crippen LogP contribution in [0.2, 0.25) is 0 Å². The maximum absolute atomic E-state index is 5.58. The van der Waals surface area contributed by atoms with E-state index in [0.717, 1.165) is 30.8 Å². The van der Waals surface area contributed by atoms with E-state index in [0.29, 0.717) is 0 Å². The predicted molar refractivity (Wildman–Crippen MR) is 175 cm³/mol. The highest BCUT2D eigenvalue weighted by Gasteiger charge is 2.47. The van der Waals surface area contributed by atoms with Crippen molar-refractivity contribution < 1.29 is 0 Å². The molecule has 5 heteroatoms. The van der Waals surface area contributed by atoms with Crippen molar-refractivity contribution in [1.82, 2.24) is 20.4 Å². The quantitative estimate of drug-likeness (QED) is 0.361. The van der Waals surface area contributed by atoms with Crippen molar-refractivity contribution in [3.63, 3.8) is 0 Å². The van der Waals surface area contributed by atoms with Crippen LogP contribution in [0.3, 0.4) is 0 Å². The van der Waals surface area contributed by atoms with Gasteiger partial charge >= 0.3 is 0 Å². The number of nitrogens with zero attached hydrogens (tertiary/aromatic N) is 3. The molecule has 43 heavy (non-hydrogen) atoms. The maximum Gasteiger partial charge on any atom is 0.186 e. The third-order valence-corrected chi connectivity index (χ3v) is 9.64. The Hall–Kier alpha value is -4.61. The molecule has 3 heterocycles. The number of nitrogens with one attached hydrogen (secondary N) is 2. The molecule has 5 aliphatic rings. The summed E-state index contributed by atoms with van der Waals surface area (Å²) < 4.78 is 0. The lowest BCUT2D eigenvalue weighted by molar-refractivity contribution is 0.0731. The van der Waals surface area contributed by atoms with Gasteiger partial charge in [-0.2, -0.15) is 0 Å². The summed E-state index contributed by atoms with van der Waals surface area (Å²) >= 11 is 0. The van der Waals surface area contributed by atoms with Crippen LogP contribution in [-0.2, 0) is 5.41 Å². The third kappa shape index (κ3) is 3.99. The summed E-state index contributed by atoms with van der Waals surface area (Å²) in [6.45, 7) is 5.61. The topological polar surface area (TPSA) is 42.9 Å². The first-order chi connectivity index (χ1) is 21.0. The summed E-state index contributed by atoms with van der Waals surface area (Å²) in [5, 5.41) is 7.35. The van der Waals surface area contributed by atoms with Crippen molar-refractivity contribution in [2.45, 2.75) is 44.6 Å². The molecule has 2 atom stereocenters. The molecular weight excluding hydrogens is 526 g/mol. The fraction of sp³-hybridized carbons (Fsp3) is 0.237. The first kappa shape index (κ1) is 26.1. The van der Waals surface area contributed by atoms with Crippen LogP contribution in [0.4, 0.5) is 0 Å². The molecule has 8 rings (SSSR count). The molecule has 2 unspecified atom stereocenters. The lowest BCUT2D eigenvalue weighted by atomic mass is 9.76. The Morgan fingerprint density at radius 1 is 0.860 bits per heavy atom. The molecule has 2 N–H and O–H groups in total. The van der Waals surface area contributed by atoms with Gasteiger partial charge in [0.1, 0.15) is 12.0 Å². The molecule has 3 aromatic carbocycles. The van der Waals surface area contributed by atoms with E-state index in [9.17, 15) is 0 Å². The largest absolute Gasteiger partial charge is 0.387 e. The number of dihydropyridines is 1. The van der Waals surface area contributed by atoms with Crippen molar-refractivity contribution >= 4 is 11.5 Å². The number of hydrogen-bond donors (Lipinski definition) is 2. The van der Waals surface area contributed by atoms with Gasteiger partial charge in [0.05, 0.1) is 5.70 Å². The Morgan fingerprint density at radius 3 is 2.42 bits per heavy atom. The molecule has 0 spiro atoms. The Morgan fingerprint density at radius 2 is 1.60 bits per heavy atom. The van der Waals surface area contributed by atoms with Gasteiger partial charge in [0, 0.05) is 28.8 Å². The molecule has 3 aromatic rings. The lowest BCUT2D eigenvalue weighted by Gasteiger charge is -2.46. The van der Waals surface area contributed by atoms with E-state index in [4.69, 9.17) is 4.99 Å². The first-order valence-electron chi connectivity index (χ1n) is 15.4. The molecule has 0 bridgehead atoms. The summed E-state index contributed by atoms with van der Waals surface area (Å²) in [6.07, 6.45) is 10.8. The molecular formula is C38H37N5. The Labute approximate surface area is 254 Å². The van der Waals surface area contributed by atoms with Gasteiger partial charge in [0.2, 0.25) is 0 Å². The van der Waals surface area contributed by atoms with Crippen molar-refractivity contribution in [2.24, 2.45) is 4.99 Å². The molecule has 0 fully saturated rings. The third-order valence-electron chi connectivity index (χ3n) is 9.64. The van der Waals surface area contributed by atoms with Gasteiger partial charge in [0.25, 0.3) is 0 Å². The zero-order valence-electron chi connectivity index (χ0n) is 25.0. The fourth-order valence-electron chi connectivity index (χ4n) is 7.61. The minimum atomic E-state index is -0.261. The summed E-state index contributed by atoms with van der Waals surface area (Å²) in [4.78, 5) is 10.6. The molecule has 0 saturated carbocycles. The molecule has 0 radical (unpaired) electrons. The van der Waals surface area contributed by atoms with Gasteiger partial charge in [-0.1, -0.05) is 111 Å². The molecule has 0 amide bonds. The van der Waals surface area contributed by atoms with Gasteiger partial charge in [-0.3, -0.25) is 0 Å². The smallest absolute Gasteiger partial charge is 0.186 e. The number of hydrogen-bond acceptors (Lipinski definition) is 5. The van der Waals surface area contributed by atoms with Crippen molar-refractivity contribution in [3.05, 3.63) is 160 Å². The first-order valence-corrected chi connectivity index (χ1v) is 15.4. The lowest BCUT2D eigenvalue weighted by Crippen LogP contribution is -2.55. The van der Waals surface area contributed by atoms with Gasteiger partial charge in [0.15, 0.2) is 6.29 Å². The van der Waals surface area contributed by atoms with Crippen LogP contribution in [0, 0.1) is 0 Å². The highest BCUT2D eigenvalue weighted by Crippen LogP contribution is 2.56. The molecule has 3 aliphatic heterocycles. The van der Waals surface area contributed by atoms with Crippen molar-refractivity contribution in [1.29, 1.82) is 0 Å². The van der Waals surface area contributed by atoms with E-state index < -0.39 is 0 Å². The van der Waals surface area contributed by atoms with Crippen LogP contribution in [0.1, 0.15) is 55.1 Å². The minimum absolute atomic E-state index is 0.0526. The number of benzene rings is 3. The molecule has 0 saturated heterocycles. The van der Waals surface area contributed by atoms with Crippen LogP contribution < -0.4 is 10.6 Å². The Kier molecular flexibility index (Phi) is 6.05. The Balaban J connectivity index is 1.42. The maximum atomic E-state index is 5.58. The molecule has 0 aromatic heterocycles. The zero-order valence-corrected chi connectivity index (χ0v) is 25.0. The normalized spacial score (nSPS) is 24.0. The van der Waals surface area contributed by atoms with Crippen LogP contribution in [0.5, 0.6) is 0 Å². The molecule has 2 aliphatic carbocycles. The van der Waals surface area contributed by atoms with Crippen LogP contribution in [0.15, 0.2) is 142 Å². The average molecular weight is 564 g/mol. The van der Waals surface area contributed by atoms with Gasteiger partial charge in [-0.05, 0) is 65.6 Å². The minimum Gasteiger partial charge on any atom is -0.387 e. The summed E-state index contributed by atoms with van der Waals surface area (Å²) in [7, 11) is 2.21. The van der Waals surface area contributed by atoms with E-state index in [1.807, 2.05) is 0 Å². The van der Waals surface area contributed by atoms with Gasteiger partial charge in [-0.25, -0.2) is 9.89 Å². The van der Waals surface area contributed by atoms with Crippen molar-refractivity contribution in [2.75, 3.05) is 13.6 Å². The standard InChI is InChI=1S/C38H37N5/c1-38(2)31-20-12-10-19-29(31)34-33(38)28-22-23-39-24-30(28)27-18-11-13-21-32(27)43(34)37-41-35(25-14-6-4-7-15-25)40-36(42(37)3)26-16-8-5-9-17-26/h4-12,14-20,22-23,36-37,39H,13,21,24H2,1-3H3,(H,40,41). The molecule has 214 valence electrons. The van der Waals surface area contributed by atoms with E-state index in [1.165, 1.54) is 50.4 Å². The SMILES string of the molecule is CN1C(c2ccccc2)NC(c2ccccc2)=NC1N1C2=C(C=CCC2)C2=C(C=CNC2)C2=C1c1ccccc1C2(C)C. The second-order valence-electron chi connectivity index (χ2n) is 12.5. The molecule has 5 nitrogen and oxygen atoms in total. The van der Waals surface area contributed by atoms with Crippen LogP contribution >= 0.6 is 0 Å². The van der Waals surface area contributed by atoms with E-state index >= 15 is 0 Å². The summed E-state index contributed by atoms with van der Waals surface area (Å²) in [5.74, 6) is 0.919. The Bertz CT molecular complexity index is 1790. The van der Waals surface area contributed by atoms with E-state index in [2.05, 4.69) is 151 Å². The summed E-state index contributed by atoms with van der Waals surface area (Å²) in [5.41, 5.74) is 12.9. The fourth-order valence-corrected chi connectivity index (χ4v) is 7.61. The highest BCUT2D eigenvalue weighted by molar-refractivity contribution is 5.99. The number of aliphatic imine (C=N–C) groups is 1. The number of fused-ring (bicyclic) bond motifs is 4. The predicted octanol–water partition coefficient (Wildman–Crippen LogP) is 6.99. The van der Waals surface area contributed by atoms with E-state index in [1.54, 1.807) is 0 Å².